The van der Waals surface area contributed by atoms with E-state index < -0.39 is 0 Å². The van der Waals surface area contributed by atoms with Gasteiger partial charge in [-0.25, -0.2) is 4.98 Å². The lowest BCUT2D eigenvalue weighted by molar-refractivity contribution is 0.249. The van der Waals surface area contributed by atoms with Crippen molar-refractivity contribution >= 4 is 0 Å². The Morgan fingerprint density at radius 2 is 1.13 bits per heavy atom. The van der Waals surface area contributed by atoms with Gasteiger partial charge < -0.3 is 9.47 Å². The van der Waals surface area contributed by atoms with E-state index in [-0.39, 0.29) is 0 Å². The van der Waals surface area contributed by atoms with Crippen molar-refractivity contribution in [1.82, 2.24) is 9.97 Å². The molecule has 0 spiro atoms. The lowest BCUT2D eigenvalue weighted by atomic mass is 9.99. The van der Waals surface area contributed by atoms with Crippen molar-refractivity contribution in [3.63, 3.8) is 0 Å². The molecule has 38 heavy (non-hydrogen) atoms. The molecule has 2 fully saturated rings. The maximum Gasteiger partial charge on any atom is 0.260 e. The fraction of sp³-hybridized carbons (Fsp3) is 0.706. The average Bonchev–Trinajstić information content (AvgIpc) is 3.67. The van der Waals surface area contributed by atoms with Crippen molar-refractivity contribution in [3.8, 4) is 23.0 Å². The highest BCUT2D eigenvalue weighted by Crippen LogP contribution is 2.31. The highest BCUT2D eigenvalue weighted by atomic mass is 16.5. The van der Waals surface area contributed by atoms with E-state index in [9.17, 15) is 0 Å². The van der Waals surface area contributed by atoms with Gasteiger partial charge in [0, 0.05) is 5.56 Å². The van der Waals surface area contributed by atoms with Crippen LogP contribution in [0.25, 0.3) is 11.4 Å². The predicted octanol–water partition coefficient (Wildman–Crippen LogP) is 9.96. The Hall–Kier alpha value is -2.10. The van der Waals surface area contributed by atoms with Gasteiger partial charge in [-0.3, -0.25) is 0 Å². The van der Waals surface area contributed by atoms with E-state index in [1.165, 1.54) is 116 Å². The number of benzene rings is 1. The molecule has 0 atom stereocenters. The smallest absolute Gasteiger partial charge is 0.260 e. The highest BCUT2D eigenvalue weighted by molar-refractivity contribution is 5.56. The third-order valence-corrected chi connectivity index (χ3v) is 8.71. The van der Waals surface area contributed by atoms with Gasteiger partial charge in [0.25, 0.3) is 5.88 Å². The van der Waals surface area contributed by atoms with Crippen LogP contribution in [0.15, 0.2) is 36.5 Å². The molecule has 4 heteroatoms. The first-order chi connectivity index (χ1) is 18.9. The molecule has 2 aromatic rings. The van der Waals surface area contributed by atoms with E-state index in [2.05, 4.69) is 4.98 Å². The first-order valence-corrected chi connectivity index (χ1v) is 16.1. The Kier molecular flexibility index (Phi) is 13.3. The standard InChI is InChI=1S/C34H52N2O2/c1(3-8-18-29-20-12-13-21-29)5-16-26-37-32-28-35-33(31-24-10-7-11-25-31)36-34(32)38-27-17-6-2-4-9-19-30-22-14-15-23-30/h7,10-11,24-25,28-30H,1-6,8-9,12-23,26-27H2. The molecule has 0 N–H and O–H groups in total. The van der Waals surface area contributed by atoms with Crippen LogP contribution in [0.5, 0.6) is 11.6 Å². The summed E-state index contributed by atoms with van der Waals surface area (Å²) in [7, 11) is 0. The van der Waals surface area contributed by atoms with Crippen LogP contribution in [-0.4, -0.2) is 23.2 Å². The van der Waals surface area contributed by atoms with E-state index in [1.54, 1.807) is 6.20 Å². The fourth-order valence-electron chi connectivity index (χ4n) is 6.36. The lowest BCUT2D eigenvalue weighted by Crippen LogP contribution is -2.06. The van der Waals surface area contributed by atoms with Gasteiger partial charge in [0.05, 0.1) is 19.4 Å². The van der Waals surface area contributed by atoms with Crippen molar-refractivity contribution in [2.75, 3.05) is 13.2 Å². The monoisotopic (exact) mass is 520 g/mol. The summed E-state index contributed by atoms with van der Waals surface area (Å²) in [6, 6.07) is 10.1. The Balaban J connectivity index is 1.14. The maximum atomic E-state index is 6.17. The topological polar surface area (TPSA) is 44.2 Å². The van der Waals surface area contributed by atoms with Crippen LogP contribution in [0.2, 0.25) is 0 Å². The van der Waals surface area contributed by atoms with Crippen LogP contribution < -0.4 is 9.47 Å². The van der Waals surface area contributed by atoms with Crippen LogP contribution in [0.4, 0.5) is 0 Å². The molecular weight excluding hydrogens is 468 g/mol. The first-order valence-electron chi connectivity index (χ1n) is 16.1. The van der Waals surface area contributed by atoms with Gasteiger partial charge in [-0.2, -0.15) is 4.98 Å². The summed E-state index contributed by atoms with van der Waals surface area (Å²) in [5, 5.41) is 0. The van der Waals surface area contributed by atoms with E-state index in [4.69, 9.17) is 14.5 Å². The summed E-state index contributed by atoms with van der Waals surface area (Å²) in [6.07, 6.45) is 29.2. The van der Waals surface area contributed by atoms with E-state index in [0.717, 1.165) is 30.2 Å². The van der Waals surface area contributed by atoms with E-state index in [1.807, 2.05) is 30.3 Å². The van der Waals surface area contributed by atoms with Crippen molar-refractivity contribution in [2.24, 2.45) is 11.8 Å². The van der Waals surface area contributed by atoms with Crippen molar-refractivity contribution in [1.29, 1.82) is 0 Å². The van der Waals surface area contributed by atoms with Gasteiger partial charge in [0.2, 0.25) is 0 Å². The van der Waals surface area contributed by atoms with Crippen LogP contribution >= 0.6 is 0 Å². The molecule has 0 bridgehead atoms. The molecule has 2 saturated carbocycles. The molecule has 1 heterocycles. The van der Waals surface area contributed by atoms with Crippen LogP contribution in [0.3, 0.4) is 0 Å². The minimum atomic E-state index is 0.594. The molecular formula is C34H52N2O2. The van der Waals surface area contributed by atoms with Gasteiger partial charge in [0.15, 0.2) is 11.6 Å². The van der Waals surface area contributed by atoms with Gasteiger partial charge in [-0.05, 0) is 24.7 Å². The van der Waals surface area contributed by atoms with E-state index in [0.29, 0.717) is 30.7 Å². The highest BCUT2D eigenvalue weighted by Gasteiger charge is 2.15. The molecule has 0 aliphatic heterocycles. The molecule has 0 radical (unpaired) electrons. The summed E-state index contributed by atoms with van der Waals surface area (Å²) in [5.74, 6) is 4.02. The van der Waals surface area contributed by atoms with Crippen LogP contribution in [0, 0.1) is 11.8 Å². The molecule has 1 aromatic carbocycles. The Bertz CT molecular complexity index is 875. The first kappa shape index (κ1) is 28.9. The number of nitrogens with zero attached hydrogens (tertiary/aromatic N) is 2. The zero-order chi connectivity index (χ0) is 26.1. The summed E-state index contributed by atoms with van der Waals surface area (Å²) in [5.41, 5.74) is 1.00. The number of hydrogen-bond donors (Lipinski definition) is 0. The molecule has 4 rings (SSSR count). The zero-order valence-electron chi connectivity index (χ0n) is 23.9. The van der Waals surface area contributed by atoms with Crippen molar-refractivity contribution < 1.29 is 9.47 Å². The maximum absolute atomic E-state index is 6.17. The molecule has 0 saturated heterocycles. The van der Waals surface area contributed by atoms with Crippen LogP contribution in [0.1, 0.15) is 128 Å². The minimum absolute atomic E-state index is 0.594. The minimum Gasteiger partial charge on any atom is -0.487 e. The number of ether oxygens (including phenoxy) is 2. The Morgan fingerprint density at radius 3 is 1.74 bits per heavy atom. The number of rotatable bonds is 19. The normalized spacial score (nSPS) is 16.3. The van der Waals surface area contributed by atoms with Gasteiger partial charge in [0.1, 0.15) is 0 Å². The lowest BCUT2D eigenvalue weighted by Gasteiger charge is -2.13. The molecule has 210 valence electrons. The molecule has 1 aromatic heterocycles. The summed E-state index contributed by atoms with van der Waals surface area (Å²) in [6.45, 7) is 1.39. The van der Waals surface area contributed by atoms with Gasteiger partial charge in [-0.1, -0.05) is 146 Å². The second kappa shape index (κ2) is 17.5. The number of hydrogen-bond acceptors (Lipinski definition) is 4. The average molecular weight is 521 g/mol. The summed E-state index contributed by atoms with van der Waals surface area (Å²) < 4.78 is 12.3. The van der Waals surface area contributed by atoms with Gasteiger partial charge in [-0.15, -0.1) is 0 Å². The van der Waals surface area contributed by atoms with Crippen molar-refractivity contribution in [3.05, 3.63) is 36.5 Å². The third-order valence-electron chi connectivity index (χ3n) is 8.71. The quantitative estimate of drug-likeness (QED) is 0.173. The second-order valence-corrected chi connectivity index (χ2v) is 11.8. The van der Waals surface area contributed by atoms with E-state index >= 15 is 0 Å². The van der Waals surface area contributed by atoms with Crippen LogP contribution in [-0.2, 0) is 0 Å². The zero-order valence-corrected chi connectivity index (χ0v) is 23.9. The molecule has 0 unspecified atom stereocenters. The molecule has 0 amide bonds. The predicted molar refractivity (Wildman–Crippen MR) is 158 cm³/mol. The SMILES string of the molecule is c1ccc(-c2ncc(OCCCCCCCC3CCCC3)c(OCCCCCCCC3CCCC3)n2)cc1. The Labute approximate surface area is 232 Å². The fourth-order valence-corrected chi connectivity index (χ4v) is 6.36. The second-order valence-electron chi connectivity index (χ2n) is 11.8. The van der Waals surface area contributed by atoms with Gasteiger partial charge >= 0.3 is 0 Å². The summed E-state index contributed by atoms with van der Waals surface area (Å²) in [4.78, 5) is 9.33. The van der Waals surface area contributed by atoms with Crippen molar-refractivity contribution in [2.45, 2.75) is 128 Å². The molecule has 4 nitrogen and oxygen atoms in total. The third kappa shape index (κ3) is 10.6. The summed E-state index contributed by atoms with van der Waals surface area (Å²) >= 11 is 0. The molecule has 2 aliphatic rings. The molecule has 2 aliphatic carbocycles. The Morgan fingerprint density at radius 1 is 0.605 bits per heavy atom. The largest absolute Gasteiger partial charge is 0.487 e. The number of aromatic nitrogens is 2. The number of unbranched alkanes of at least 4 members (excludes halogenated alkanes) is 8.